The first kappa shape index (κ1) is 11.8. The molecule has 5 heteroatoms. The van der Waals surface area contributed by atoms with Gasteiger partial charge in [-0.2, -0.15) is 0 Å². The van der Waals surface area contributed by atoms with Crippen LogP contribution in [0, 0.1) is 0 Å². The van der Waals surface area contributed by atoms with Crippen LogP contribution in [0.15, 0.2) is 34.9 Å². The molecule has 98 valence electrons. The van der Waals surface area contributed by atoms with Crippen molar-refractivity contribution in [2.45, 2.75) is 12.8 Å². The molecule has 0 amide bonds. The topological polar surface area (TPSA) is 66.6 Å². The Morgan fingerprint density at radius 2 is 2.00 bits per heavy atom. The minimum absolute atomic E-state index is 0.0637. The van der Waals surface area contributed by atoms with Crippen molar-refractivity contribution in [2.24, 2.45) is 0 Å². The molecule has 0 aliphatic carbocycles. The highest BCUT2D eigenvalue weighted by Crippen LogP contribution is 2.33. The maximum absolute atomic E-state index is 10.9. The van der Waals surface area contributed by atoms with E-state index in [1.807, 2.05) is 24.3 Å². The van der Waals surface area contributed by atoms with Gasteiger partial charge in [-0.15, -0.1) is 0 Å². The van der Waals surface area contributed by atoms with Gasteiger partial charge >= 0.3 is 5.97 Å². The van der Waals surface area contributed by atoms with Gasteiger partial charge in [0.15, 0.2) is 11.5 Å². The van der Waals surface area contributed by atoms with Gasteiger partial charge in [-0.1, -0.05) is 17.3 Å². The van der Waals surface area contributed by atoms with Gasteiger partial charge in [-0.05, 0) is 25.0 Å². The van der Waals surface area contributed by atoms with E-state index in [4.69, 9.17) is 9.63 Å². The van der Waals surface area contributed by atoms with Crippen molar-refractivity contribution in [3.05, 3.63) is 36.0 Å². The maximum atomic E-state index is 10.9. The fourth-order valence-corrected chi connectivity index (χ4v) is 2.42. The smallest absolute Gasteiger partial charge is 0.358 e. The molecule has 2 heterocycles. The van der Waals surface area contributed by atoms with Crippen LogP contribution in [0.2, 0.25) is 0 Å². The van der Waals surface area contributed by atoms with Crippen LogP contribution in [-0.4, -0.2) is 29.3 Å². The number of anilines is 1. The minimum atomic E-state index is -1.08. The van der Waals surface area contributed by atoms with E-state index < -0.39 is 5.97 Å². The number of carbonyl (C=O) groups is 1. The predicted molar refractivity (Wildman–Crippen MR) is 70.3 cm³/mol. The fourth-order valence-electron chi connectivity index (χ4n) is 2.42. The normalized spacial score (nSPS) is 14.8. The number of benzene rings is 1. The molecule has 1 aliphatic rings. The first-order valence-electron chi connectivity index (χ1n) is 6.30. The van der Waals surface area contributed by atoms with E-state index >= 15 is 0 Å². The SMILES string of the molecule is O=C(O)c1cc(-c2ccccc2N2CCCC2)on1. The molecular formula is C14H14N2O3. The summed E-state index contributed by atoms with van der Waals surface area (Å²) in [7, 11) is 0. The minimum Gasteiger partial charge on any atom is -0.476 e. The van der Waals surface area contributed by atoms with Crippen LogP contribution in [0.4, 0.5) is 5.69 Å². The number of aromatic nitrogens is 1. The molecule has 1 aromatic carbocycles. The van der Waals surface area contributed by atoms with Crippen LogP contribution in [0.25, 0.3) is 11.3 Å². The highest BCUT2D eigenvalue weighted by molar-refractivity contribution is 5.87. The van der Waals surface area contributed by atoms with Crippen LogP contribution in [0.1, 0.15) is 23.3 Å². The molecule has 19 heavy (non-hydrogen) atoms. The van der Waals surface area contributed by atoms with E-state index in [-0.39, 0.29) is 5.69 Å². The molecule has 1 fully saturated rings. The van der Waals surface area contributed by atoms with Crippen molar-refractivity contribution in [3.63, 3.8) is 0 Å². The third kappa shape index (κ3) is 2.19. The quantitative estimate of drug-likeness (QED) is 0.916. The number of hydrogen-bond donors (Lipinski definition) is 1. The molecular weight excluding hydrogens is 244 g/mol. The van der Waals surface area contributed by atoms with Crippen molar-refractivity contribution < 1.29 is 14.4 Å². The first-order chi connectivity index (χ1) is 9.25. The standard InChI is InChI=1S/C14H14N2O3/c17-14(18)11-9-13(19-15-11)10-5-1-2-6-12(10)16-7-3-4-8-16/h1-2,5-6,9H,3-4,7-8H2,(H,17,18). The van der Waals surface area contributed by atoms with Crippen LogP contribution in [0.5, 0.6) is 0 Å². The second-order valence-corrected chi connectivity index (χ2v) is 4.59. The first-order valence-corrected chi connectivity index (χ1v) is 6.30. The molecule has 0 radical (unpaired) electrons. The average Bonchev–Trinajstić information content (AvgIpc) is 3.10. The molecule has 0 atom stereocenters. The third-order valence-electron chi connectivity index (χ3n) is 3.35. The van der Waals surface area contributed by atoms with Crippen molar-refractivity contribution in [1.29, 1.82) is 0 Å². The monoisotopic (exact) mass is 258 g/mol. The second kappa shape index (κ2) is 4.76. The Labute approximate surface area is 110 Å². The Morgan fingerprint density at radius 1 is 1.26 bits per heavy atom. The van der Waals surface area contributed by atoms with E-state index in [2.05, 4.69) is 10.1 Å². The predicted octanol–water partition coefficient (Wildman–Crippen LogP) is 2.64. The van der Waals surface area contributed by atoms with E-state index in [1.54, 1.807) is 0 Å². The summed E-state index contributed by atoms with van der Waals surface area (Å²) in [6.45, 7) is 2.05. The van der Waals surface area contributed by atoms with Gasteiger partial charge in [0.25, 0.3) is 0 Å². The van der Waals surface area contributed by atoms with Crippen molar-refractivity contribution in [1.82, 2.24) is 5.16 Å². The second-order valence-electron chi connectivity index (χ2n) is 4.59. The molecule has 5 nitrogen and oxygen atoms in total. The van der Waals surface area contributed by atoms with Gasteiger partial charge in [-0.25, -0.2) is 4.79 Å². The lowest BCUT2D eigenvalue weighted by Gasteiger charge is -2.20. The summed E-state index contributed by atoms with van der Waals surface area (Å²) in [5.74, 6) is -0.575. The number of para-hydroxylation sites is 1. The number of carboxylic acid groups (broad SMARTS) is 1. The number of nitrogens with zero attached hydrogens (tertiary/aromatic N) is 2. The number of aromatic carboxylic acids is 1. The summed E-state index contributed by atoms with van der Waals surface area (Å²) < 4.78 is 5.15. The molecule has 3 rings (SSSR count). The molecule has 0 saturated carbocycles. The lowest BCUT2D eigenvalue weighted by Crippen LogP contribution is -2.18. The Hall–Kier alpha value is -2.30. The van der Waals surface area contributed by atoms with Gasteiger partial charge in [0, 0.05) is 30.4 Å². The molecule has 0 unspecified atom stereocenters. The molecule has 1 N–H and O–H groups in total. The van der Waals surface area contributed by atoms with Gasteiger partial charge in [0.2, 0.25) is 0 Å². The molecule has 0 spiro atoms. The average molecular weight is 258 g/mol. The van der Waals surface area contributed by atoms with E-state index in [0.29, 0.717) is 5.76 Å². The van der Waals surface area contributed by atoms with Crippen molar-refractivity contribution >= 4 is 11.7 Å². The Balaban J connectivity index is 2.01. The number of rotatable bonds is 3. The van der Waals surface area contributed by atoms with E-state index in [9.17, 15) is 4.79 Å². The maximum Gasteiger partial charge on any atom is 0.358 e. The van der Waals surface area contributed by atoms with Crippen LogP contribution < -0.4 is 4.90 Å². The molecule has 1 saturated heterocycles. The Kier molecular flexibility index (Phi) is 2.95. The fraction of sp³-hybridized carbons (Fsp3) is 0.286. The zero-order valence-corrected chi connectivity index (χ0v) is 10.4. The zero-order valence-electron chi connectivity index (χ0n) is 10.4. The van der Waals surface area contributed by atoms with E-state index in [0.717, 1.165) is 24.3 Å². The van der Waals surface area contributed by atoms with Gasteiger partial charge in [0.05, 0.1) is 0 Å². The molecule has 1 aliphatic heterocycles. The molecule has 1 aromatic heterocycles. The van der Waals surface area contributed by atoms with Crippen LogP contribution in [0.3, 0.4) is 0 Å². The lowest BCUT2D eigenvalue weighted by atomic mass is 10.1. The van der Waals surface area contributed by atoms with Gasteiger partial charge in [-0.3, -0.25) is 0 Å². The summed E-state index contributed by atoms with van der Waals surface area (Å²) >= 11 is 0. The highest BCUT2D eigenvalue weighted by Gasteiger charge is 2.19. The number of hydrogen-bond acceptors (Lipinski definition) is 4. The summed E-state index contributed by atoms with van der Waals surface area (Å²) in [4.78, 5) is 13.1. The Bertz CT molecular complexity index is 600. The van der Waals surface area contributed by atoms with Gasteiger partial charge in [0.1, 0.15) is 0 Å². The lowest BCUT2D eigenvalue weighted by molar-refractivity contribution is 0.0686. The highest BCUT2D eigenvalue weighted by atomic mass is 16.5. The van der Waals surface area contributed by atoms with Crippen LogP contribution in [-0.2, 0) is 0 Å². The molecule has 2 aromatic rings. The zero-order chi connectivity index (χ0) is 13.2. The third-order valence-corrected chi connectivity index (χ3v) is 3.35. The van der Waals surface area contributed by atoms with E-state index in [1.165, 1.54) is 18.9 Å². The summed E-state index contributed by atoms with van der Waals surface area (Å²) in [5.41, 5.74) is 1.91. The van der Waals surface area contributed by atoms with Crippen molar-refractivity contribution in [3.8, 4) is 11.3 Å². The van der Waals surface area contributed by atoms with Crippen molar-refractivity contribution in [2.75, 3.05) is 18.0 Å². The Morgan fingerprint density at radius 3 is 2.68 bits per heavy atom. The van der Waals surface area contributed by atoms with Crippen LogP contribution >= 0.6 is 0 Å². The van der Waals surface area contributed by atoms with Gasteiger partial charge < -0.3 is 14.5 Å². The summed E-state index contributed by atoms with van der Waals surface area (Å²) in [6.07, 6.45) is 2.37. The largest absolute Gasteiger partial charge is 0.476 e. The number of carboxylic acids is 1. The molecule has 0 bridgehead atoms. The summed E-state index contributed by atoms with van der Waals surface area (Å²) in [6, 6.07) is 9.32. The summed E-state index contributed by atoms with van der Waals surface area (Å²) in [5, 5.41) is 12.5.